The zero-order chi connectivity index (χ0) is 25.0. The van der Waals surface area contributed by atoms with Crippen LogP contribution in [-0.2, 0) is 26.7 Å². The standard InChI is InChI=1S/C28H32N2O4S/c1-20(2)14-26(30-28(33)34-17-21-8-4-3-5-9-21)27(32)29-25(16-31)19-35-18-22-12-13-23-10-6-7-11-24(23)15-22/h3-13,15-16,20,25-26H,14,17-19H2,1-2H3,(H,29,32)(H,30,33)/t25?,26-/m1/s1. The number of alkyl carbamates (subject to hydrolysis) is 1. The molecule has 3 aromatic rings. The van der Waals surface area contributed by atoms with E-state index in [9.17, 15) is 14.4 Å². The van der Waals surface area contributed by atoms with Gasteiger partial charge in [0.25, 0.3) is 0 Å². The third kappa shape index (κ3) is 8.76. The maximum atomic E-state index is 12.9. The summed E-state index contributed by atoms with van der Waals surface area (Å²) < 4.78 is 5.26. The molecule has 2 N–H and O–H groups in total. The summed E-state index contributed by atoms with van der Waals surface area (Å²) in [5.41, 5.74) is 2.02. The van der Waals surface area contributed by atoms with Crippen LogP contribution in [0, 0.1) is 5.92 Å². The number of carbonyl (C=O) groups is 3. The van der Waals surface area contributed by atoms with E-state index in [0.29, 0.717) is 12.2 Å². The van der Waals surface area contributed by atoms with E-state index in [1.54, 1.807) is 11.8 Å². The van der Waals surface area contributed by atoms with Crippen LogP contribution in [0.15, 0.2) is 72.8 Å². The Kier molecular flexibility index (Phi) is 10.2. The molecule has 0 heterocycles. The van der Waals surface area contributed by atoms with Crippen molar-refractivity contribution in [2.75, 3.05) is 5.75 Å². The molecule has 3 rings (SSSR count). The van der Waals surface area contributed by atoms with Gasteiger partial charge in [-0.25, -0.2) is 4.79 Å². The van der Waals surface area contributed by atoms with Gasteiger partial charge in [-0.2, -0.15) is 11.8 Å². The Hall–Kier alpha value is -3.32. The van der Waals surface area contributed by atoms with Crippen molar-refractivity contribution in [2.45, 2.75) is 44.7 Å². The van der Waals surface area contributed by atoms with Gasteiger partial charge >= 0.3 is 6.09 Å². The fraction of sp³-hybridized carbons (Fsp3) is 0.321. The number of aldehydes is 1. The van der Waals surface area contributed by atoms with Crippen LogP contribution in [0.4, 0.5) is 4.79 Å². The third-order valence-corrected chi connectivity index (χ3v) is 6.53. The molecule has 0 bridgehead atoms. The predicted octanol–water partition coefficient (Wildman–Crippen LogP) is 5.10. The lowest BCUT2D eigenvalue weighted by molar-refractivity contribution is -0.125. The van der Waals surface area contributed by atoms with E-state index in [0.717, 1.165) is 23.2 Å². The molecular weight excluding hydrogens is 460 g/mol. The second-order valence-corrected chi connectivity index (χ2v) is 9.87. The van der Waals surface area contributed by atoms with Crippen LogP contribution in [-0.4, -0.2) is 36.1 Å². The lowest BCUT2D eigenvalue weighted by Gasteiger charge is -2.22. The lowest BCUT2D eigenvalue weighted by atomic mass is 10.0. The highest BCUT2D eigenvalue weighted by molar-refractivity contribution is 7.98. The van der Waals surface area contributed by atoms with Crippen LogP contribution in [0.2, 0.25) is 0 Å². The average Bonchev–Trinajstić information content (AvgIpc) is 2.86. The van der Waals surface area contributed by atoms with Crippen LogP contribution in [0.3, 0.4) is 0 Å². The second kappa shape index (κ2) is 13.5. The van der Waals surface area contributed by atoms with Gasteiger partial charge < -0.3 is 20.2 Å². The van der Waals surface area contributed by atoms with Crippen LogP contribution >= 0.6 is 11.8 Å². The molecular formula is C28H32N2O4S. The van der Waals surface area contributed by atoms with E-state index in [4.69, 9.17) is 4.74 Å². The summed E-state index contributed by atoms with van der Waals surface area (Å²) in [6.07, 6.45) is 0.510. The first-order valence-electron chi connectivity index (χ1n) is 11.7. The van der Waals surface area contributed by atoms with E-state index in [1.165, 1.54) is 10.8 Å². The Morgan fingerprint density at radius 3 is 2.34 bits per heavy atom. The van der Waals surface area contributed by atoms with Crippen molar-refractivity contribution in [1.29, 1.82) is 0 Å². The summed E-state index contributed by atoms with van der Waals surface area (Å²) in [6.45, 7) is 4.05. The highest BCUT2D eigenvalue weighted by Crippen LogP contribution is 2.19. The Labute approximate surface area is 210 Å². The number of benzene rings is 3. The van der Waals surface area contributed by atoms with Gasteiger partial charge in [0.1, 0.15) is 18.9 Å². The molecule has 184 valence electrons. The van der Waals surface area contributed by atoms with Gasteiger partial charge in [-0.3, -0.25) is 4.79 Å². The SMILES string of the molecule is CC(C)C[C@@H](NC(=O)OCc1ccccc1)C(=O)NC(C=O)CSCc1ccc2ccccc2c1. The molecule has 3 aromatic carbocycles. The Bertz CT molecular complexity index is 1120. The number of rotatable bonds is 12. The first-order chi connectivity index (χ1) is 16.9. The summed E-state index contributed by atoms with van der Waals surface area (Å²) >= 11 is 1.58. The number of fused-ring (bicyclic) bond motifs is 1. The number of hydrogen-bond acceptors (Lipinski definition) is 5. The molecule has 35 heavy (non-hydrogen) atoms. The third-order valence-electron chi connectivity index (χ3n) is 5.40. The lowest BCUT2D eigenvalue weighted by Crippen LogP contribution is -2.51. The van der Waals surface area contributed by atoms with Crippen LogP contribution in [0.5, 0.6) is 0 Å². The first kappa shape index (κ1) is 26.3. The molecule has 0 saturated heterocycles. The Morgan fingerprint density at radius 2 is 1.63 bits per heavy atom. The number of nitrogens with one attached hydrogen (secondary N) is 2. The van der Waals surface area contributed by atoms with Crippen molar-refractivity contribution in [3.63, 3.8) is 0 Å². The normalized spacial score (nSPS) is 12.7. The Balaban J connectivity index is 1.50. The summed E-state index contributed by atoms with van der Waals surface area (Å²) in [5, 5.41) is 7.78. The minimum atomic E-state index is -0.786. The predicted molar refractivity (Wildman–Crippen MR) is 141 cm³/mol. The number of ether oxygens (including phenoxy) is 1. The maximum Gasteiger partial charge on any atom is 0.408 e. The zero-order valence-electron chi connectivity index (χ0n) is 20.1. The molecule has 1 unspecified atom stereocenters. The molecule has 2 amide bonds. The molecule has 0 aliphatic heterocycles. The van der Waals surface area contributed by atoms with Gasteiger partial charge in [-0.15, -0.1) is 0 Å². The molecule has 0 aliphatic carbocycles. The topological polar surface area (TPSA) is 84.5 Å². The second-order valence-electron chi connectivity index (χ2n) is 8.84. The molecule has 2 atom stereocenters. The van der Waals surface area contributed by atoms with Crippen molar-refractivity contribution in [3.05, 3.63) is 83.9 Å². The average molecular weight is 493 g/mol. The maximum absolute atomic E-state index is 12.9. The van der Waals surface area contributed by atoms with Crippen molar-refractivity contribution in [1.82, 2.24) is 10.6 Å². The molecule has 0 aliphatic rings. The highest BCUT2D eigenvalue weighted by Gasteiger charge is 2.25. The van der Waals surface area contributed by atoms with Crippen LogP contribution < -0.4 is 10.6 Å². The number of amides is 2. The smallest absolute Gasteiger partial charge is 0.408 e. The largest absolute Gasteiger partial charge is 0.445 e. The van der Waals surface area contributed by atoms with Gasteiger partial charge in [-0.1, -0.05) is 86.6 Å². The van der Waals surface area contributed by atoms with Crippen molar-refractivity contribution in [2.24, 2.45) is 5.92 Å². The summed E-state index contributed by atoms with van der Waals surface area (Å²) in [6, 6.07) is 22.4. The monoisotopic (exact) mass is 492 g/mol. The van der Waals surface area contributed by atoms with Gasteiger partial charge in [0.05, 0.1) is 6.04 Å². The molecule has 0 saturated carbocycles. The van der Waals surface area contributed by atoms with E-state index in [-0.39, 0.29) is 12.5 Å². The van der Waals surface area contributed by atoms with E-state index >= 15 is 0 Å². The van der Waals surface area contributed by atoms with Crippen molar-refractivity contribution in [3.8, 4) is 0 Å². The molecule has 7 heteroatoms. The van der Waals surface area contributed by atoms with Crippen LogP contribution in [0.25, 0.3) is 10.8 Å². The van der Waals surface area contributed by atoms with Gasteiger partial charge in [0.15, 0.2) is 0 Å². The fourth-order valence-corrected chi connectivity index (χ4v) is 4.59. The summed E-state index contributed by atoms with van der Waals surface area (Å²) in [7, 11) is 0. The Morgan fingerprint density at radius 1 is 0.914 bits per heavy atom. The highest BCUT2D eigenvalue weighted by atomic mass is 32.2. The van der Waals surface area contributed by atoms with E-state index in [2.05, 4.69) is 41.0 Å². The van der Waals surface area contributed by atoms with Gasteiger partial charge in [0, 0.05) is 11.5 Å². The number of thioether (sulfide) groups is 1. The summed E-state index contributed by atoms with van der Waals surface area (Å²) in [5.74, 6) is 0.940. The molecule has 0 aromatic heterocycles. The minimum Gasteiger partial charge on any atom is -0.445 e. The summed E-state index contributed by atoms with van der Waals surface area (Å²) in [4.78, 5) is 36.8. The van der Waals surface area contributed by atoms with E-state index < -0.39 is 24.1 Å². The van der Waals surface area contributed by atoms with Gasteiger partial charge in [-0.05, 0) is 34.2 Å². The first-order valence-corrected chi connectivity index (χ1v) is 12.9. The minimum absolute atomic E-state index is 0.116. The van der Waals surface area contributed by atoms with Crippen LogP contribution in [0.1, 0.15) is 31.4 Å². The fourth-order valence-electron chi connectivity index (χ4n) is 3.64. The molecule has 6 nitrogen and oxygen atoms in total. The van der Waals surface area contributed by atoms with Crippen molar-refractivity contribution < 1.29 is 19.1 Å². The van der Waals surface area contributed by atoms with Crippen molar-refractivity contribution >= 4 is 40.8 Å². The quantitative estimate of drug-likeness (QED) is 0.344. The molecule has 0 fully saturated rings. The zero-order valence-corrected chi connectivity index (χ0v) is 20.9. The molecule has 0 radical (unpaired) electrons. The number of carbonyl (C=O) groups excluding carboxylic acids is 3. The van der Waals surface area contributed by atoms with E-state index in [1.807, 2.05) is 56.3 Å². The molecule has 0 spiro atoms. The number of hydrogen-bond donors (Lipinski definition) is 2. The van der Waals surface area contributed by atoms with Gasteiger partial charge in [0.2, 0.25) is 5.91 Å².